The van der Waals surface area contributed by atoms with Gasteiger partial charge in [-0.05, 0) is 55.3 Å². The second-order valence-electron chi connectivity index (χ2n) is 6.19. The van der Waals surface area contributed by atoms with Gasteiger partial charge in [0.2, 0.25) is 10.0 Å². The molecule has 8 heteroatoms. The Morgan fingerprint density at radius 2 is 1.81 bits per heavy atom. The summed E-state index contributed by atoms with van der Waals surface area (Å²) in [4.78, 5) is 12.5. The predicted molar refractivity (Wildman–Crippen MR) is 99.7 cm³/mol. The van der Waals surface area contributed by atoms with Crippen LogP contribution in [0.4, 0.5) is 0 Å². The highest BCUT2D eigenvalue weighted by molar-refractivity contribution is 7.89. The lowest BCUT2D eigenvalue weighted by Crippen LogP contribution is -2.41. The zero-order valence-corrected chi connectivity index (χ0v) is 15.9. The number of carbonyl (C=O) groups excluding carboxylic acids is 1. The van der Waals surface area contributed by atoms with Crippen LogP contribution in [-0.2, 0) is 14.8 Å². The Balaban J connectivity index is 1.62. The molecule has 0 atom stereocenters. The van der Waals surface area contributed by atoms with E-state index in [4.69, 9.17) is 21.6 Å². The molecule has 0 unspecified atom stereocenters. The molecule has 0 radical (unpaired) electrons. The molecule has 0 aromatic heterocycles. The van der Waals surface area contributed by atoms with Gasteiger partial charge in [0.05, 0.1) is 22.4 Å². The van der Waals surface area contributed by atoms with Crippen LogP contribution < -0.4 is 4.74 Å². The first-order valence-electron chi connectivity index (χ1n) is 8.38. The largest absolute Gasteiger partial charge is 0.426 e. The van der Waals surface area contributed by atoms with Gasteiger partial charge >= 0.3 is 5.97 Å². The van der Waals surface area contributed by atoms with Crippen LogP contribution in [0.1, 0.15) is 18.4 Å². The van der Waals surface area contributed by atoms with E-state index in [0.717, 1.165) is 0 Å². The summed E-state index contributed by atoms with van der Waals surface area (Å²) in [5.74, 6) is -0.476. The van der Waals surface area contributed by atoms with Crippen LogP contribution in [0.2, 0.25) is 5.02 Å². The number of sulfonamides is 1. The molecule has 1 aliphatic rings. The average molecular weight is 405 g/mol. The highest BCUT2D eigenvalue weighted by Gasteiger charge is 2.33. The lowest BCUT2D eigenvalue weighted by Gasteiger charge is -2.30. The summed E-state index contributed by atoms with van der Waals surface area (Å²) in [6, 6.07) is 14.4. The van der Waals surface area contributed by atoms with Crippen LogP contribution in [0.3, 0.4) is 0 Å². The number of benzene rings is 2. The van der Waals surface area contributed by atoms with Crippen LogP contribution in [0, 0.1) is 17.2 Å². The fourth-order valence-corrected chi connectivity index (χ4v) is 4.51. The van der Waals surface area contributed by atoms with Crippen molar-refractivity contribution in [3.8, 4) is 11.8 Å². The minimum absolute atomic E-state index is 0.182. The molecule has 2 aromatic rings. The van der Waals surface area contributed by atoms with Crippen LogP contribution >= 0.6 is 11.6 Å². The number of esters is 1. The van der Waals surface area contributed by atoms with Gasteiger partial charge in [0.25, 0.3) is 0 Å². The topological polar surface area (TPSA) is 87.5 Å². The zero-order valence-electron chi connectivity index (χ0n) is 14.3. The van der Waals surface area contributed by atoms with Gasteiger partial charge in [-0.3, -0.25) is 4.79 Å². The van der Waals surface area contributed by atoms with Crippen molar-refractivity contribution in [3.05, 3.63) is 59.1 Å². The van der Waals surface area contributed by atoms with Crippen molar-refractivity contribution in [1.29, 1.82) is 5.26 Å². The molecule has 1 saturated heterocycles. The average Bonchev–Trinajstić information content (AvgIpc) is 2.68. The van der Waals surface area contributed by atoms with Gasteiger partial charge < -0.3 is 4.74 Å². The van der Waals surface area contributed by atoms with Crippen LogP contribution in [0.5, 0.6) is 5.75 Å². The summed E-state index contributed by atoms with van der Waals surface area (Å²) in [5.41, 5.74) is 0.407. The third-order valence-electron chi connectivity index (χ3n) is 4.42. The van der Waals surface area contributed by atoms with Crippen LogP contribution in [-0.4, -0.2) is 31.8 Å². The third kappa shape index (κ3) is 4.48. The smallest absolute Gasteiger partial charge is 0.314 e. The molecule has 0 spiro atoms. The maximum Gasteiger partial charge on any atom is 0.314 e. The predicted octanol–water partition coefficient (Wildman–Crippen LogP) is 3.22. The van der Waals surface area contributed by atoms with Crippen molar-refractivity contribution < 1.29 is 17.9 Å². The summed E-state index contributed by atoms with van der Waals surface area (Å²) in [5, 5.41) is 9.37. The number of halogens is 1. The van der Waals surface area contributed by atoms with Crippen molar-refractivity contribution in [2.75, 3.05) is 13.1 Å². The molecule has 3 rings (SSSR count). The summed E-state index contributed by atoms with van der Waals surface area (Å²) in [6.45, 7) is 0.478. The molecule has 2 aromatic carbocycles. The van der Waals surface area contributed by atoms with Gasteiger partial charge in [-0.25, -0.2) is 8.42 Å². The SMILES string of the molecule is N#Cc1cccc(OC(=O)C2CCN(S(=O)(=O)c3ccc(Cl)cc3)CC2)c1. The van der Waals surface area contributed by atoms with Gasteiger partial charge in [0.1, 0.15) is 5.75 Å². The Labute approximate surface area is 163 Å². The molecule has 0 amide bonds. The number of nitriles is 1. The standard InChI is InChI=1S/C19H17ClN2O4S/c20-16-4-6-18(7-5-16)27(24,25)22-10-8-15(9-11-22)19(23)26-17-3-1-2-14(12-17)13-21/h1-7,12,15H,8-11H2. The minimum atomic E-state index is -3.61. The molecule has 27 heavy (non-hydrogen) atoms. The molecule has 0 aliphatic carbocycles. The summed E-state index contributed by atoms with van der Waals surface area (Å²) in [6.07, 6.45) is 0.757. The monoisotopic (exact) mass is 404 g/mol. The number of carbonyl (C=O) groups is 1. The molecule has 0 N–H and O–H groups in total. The zero-order chi connectivity index (χ0) is 19.4. The fourth-order valence-electron chi connectivity index (χ4n) is 2.92. The number of rotatable bonds is 4. The van der Waals surface area contributed by atoms with E-state index in [0.29, 0.717) is 29.2 Å². The van der Waals surface area contributed by atoms with E-state index in [-0.39, 0.29) is 23.9 Å². The first-order valence-corrected chi connectivity index (χ1v) is 10.2. The Morgan fingerprint density at radius 1 is 1.15 bits per heavy atom. The Hall–Kier alpha value is -2.40. The molecule has 1 heterocycles. The normalized spacial score (nSPS) is 15.9. The van der Waals surface area contributed by atoms with Gasteiger partial charge in [-0.15, -0.1) is 0 Å². The molecular weight excluding hydrogens is 388 g/mol. The van der Waals surface area contributed by atoms with Crippen molar-refractivity contribution in [2.24, 2.45) is 5.92 Å². The maximum absolute atomic E-state index is 12.7. The highest BCUT2D eigenvalue weighted by atomic mass is 35.5. The van der Waals surface area contributed by atoms with E-state index in [1.807, 2.05) is 6.07 Å². The number of ether oxygens (including phenoxy) is 1. The van der Waals surface area contributed by atoms with Gasteiger partial charge in [0.15, 0.2) is 0 Å². The van der Waals surface area contributed by atoms with E-state index < -0.39 is 16.0 Å². The van der Waals surface area contributed by atoms with Crippen LogP contribution in [0.25, 0.3) is 0 Å². The minimum Gasteiger partial charge on any atom is -0.426 e. The van der Waals surface area contributed by atoms with Crippen molar-refractivity contribution >= 4 is 27.6 Å². The number of hydrogen-bond donors (Lipinski definition) is 0. The Morgan fingerprint density at radius 3 is 2.44 bits per heavy atom. The molecule has 1 fully saturated rings. The quantitative estimate of drug-likeness (QED) is 0.576. The van der Waals surface area contributed by atoms with Crippen molar-refractivity contribution in [3.63, 3.8) is 0 Å². The van der Waals surface area contributed by atoms with Gasteiger partial charge in [0, 0.05) is 18.1 Å². The molecule has 6 nitrogen and oxygen atoms in total. The first kappa shape index (κ1) is 19.4. The number of nitrogens with zero attached hydrogens (tertiary/aromatic N) is 2. The number of hydrogen-bond acceptors (Lipinski definition) is 5. The third-order valence-corrected chi connectivity index (χ3v) is 6.59. The highest BCUT2D eigenvalue weighted by Crippen LogP contribution is 2.26. The molecule has 1 aliphatic heterocycles. The summed E-state index contributed by atoms with van der Waals surface area (Å²) in [7, 11) is -3.61. The summed E-state index contributed by atoms with van der Waals surface area (Å²) >= 11 is 5.81. The lowest BCUT2D eigenvalue weighted by atomic mass is 9.98. The first-order chi connectivity index (χ1) is 12.9. The van der Waals surface area contributed by atoms with E-state index in [9.17, 15) is 13.2 Å². The van der Waals surface area contributed by atoms with Crippen LogP contribution in [0.15, 0.2) is 53.4 Å². The van der Waals surface area contributed by atoms with Crippen molar-refractivity contribution in [2.45, 2.75) is 17.7 Å². The van der Waals surface area contributed by atoms with E-state index >= 15 is 0 Å². The Kier molecular flexibility index (Phi) is 5.80. The lowest BCUT2D eigenvalue weighted by molar-refractivity contribution is -0.140. The maximum atomic E-state index is 12.7. The summed E-state index contributed by atoms with van der Waals surface area (Å²) < 4.78 is 32.1. The van der Waals surface area contributed by atoms with Crippen molar-refractivity contribution in [1.82, 2.24) is 4.31 Å². The molecular formula is C19H17ClN2O4S. The van der Waals surface area contributed by atoms with Gasteiger partial charge in [-0.2, -0.15) is 9.57 Å². The second kappa shape index (κ2) is 8.09. The van der Waals surface area contributed by atoms with Gasteiger partial charge in [-0.1, -0.05) is 17.7 Å². The molecule has 140 valence electrons. The fraction of sp³-hybridized carbons (Fsp3) is 0.263. The van der Waals surface area contributed by atoms with E-state index in [1.54, 1.807) is 18.2 Å². The molecule has 0 saturated carbocycles. The Bertz CT molecular complexity index is 976. The second-order valence-corrected chi connectivity index (χ2v) is 8.57. The van der Waals surface area contributed by atoms with E-state index in [2.05, 4.69) is 0 Å². The number of piperidine rings is 1. The van der Waals surface area contributed by atoms with E-state index in [1.165, 1.54) is 34.6 Å². The molecule has 0 bridgehead atoms.